The van der Waals surface area contributed by atoms with Crippen LogP contribution in [-0.2, 0) is 0 Å². The van der Waals surface area contributed by atoms with Crippen LogP contribution in [0.2, 0.25) is 0 Å². The quantitative estimate of drug-likeness (QED) is 0.833. The molecular formula is C15H16N4OS. The number of nitrogens with zero attached hydrogens (tertiary/aromatic N) is 3. The van der Waals surface area contributed by atoms with E-state index in [2.05, 4.69) is 15.3 Å². The Labute approximate surface area is 128 Å². The number of pyridine rings is 2. The molecule has 3 rings (SSSR count). The summed E-state index contributed by atoms with van der Waals surface area (Å²) in [6.45, 7) is 0.542. The lowest BCUT2D eigenvalue weighted by Crippen LogP contribution is -2.32. The van der Waals surface area contributed by atoms with Gasteiger partial charge in [0.15, 0.2) is 5.11 Å². The highest BCUT2D eigenvalue weighted by Crippen LogP contribution is 2.37. The van der Waals surface area contributed by atoms with Crippen LogP contribution in [0.4, 0.5) is 0 Å². The van der Waals surface area contributed by atoms with Gasteiger partial charge in [-0.2, -0.15) is 0 Å². The van der Waals surface area contributed by atoms with Crippen LogP contribution in [0.1, 0.15) is 23.3 Å². The van der Waals surface area contributed by atoms with Gasteiger partial charge in [-0.1, -0.05) is 6.07 Å². The van der Waals surface area contributed by atoms with Crippen LogP contribution >= 0.6 is 12.2 Å². The zero-order valence-corrected chi connectivity index (χ0v) is 12.2. The van der Waals surface area contributed by atoms with Gasteiger partial charge in [-0.05, 0) is 42.0 Å². The third kappa shape index (κ3) is 2.72. The van der Waals surface area contributed by atoms with Crippen molar-refractivity contribution in [2.75, 3.05) is 13.2 Å². The molecule has 1 aliphatic rings. The van der Waals surface area contributed by atoms with Crippen LogP contribution in [0, 0.1) is 0 Å². The Bertz CT molecular complexity index is 608. The molecule has 0 unspecified atom stereocenters. The maximum atomic E-state index is 9.31. The lowest BCUT2D eigenvalue weighted by atomic mass is 9.98. The van der Waals surface area contributed by atoms with E-state index in [-0.39, 0.29) is 18.7 Å². The Kier molecular flexibility index (Phi) is 4.08. The lowest BCUT2D eigenvalue weighted by Gasteiger charge is -2.27. The molecule has 2 aromatic rings. The molecule has 6 heteroatoms. The van der Waals surface area contributed by atoms with Crippen molar-refractivity contribution >= 4 is 17.3 Å². The molecule has 1 aliphatic heterocycles. The highest BCUT2D eigenvalue weighted by molar-refractivity contribution is 7.80. The molecule has 2 aromatic heterocycles. The second-order valence-electron chi connectivity index (χ2n) is 4.82. The molecule has 2 N–H and O–H groups in total. The van der Waals surface area contributed by atoms with E-state index >= 15 is 0 Å². The highest BCUT2D eigenvalue weighted by Gasteiger charge is 2.39. The average Bonchev–Trinajstić information content (AvgIpc) is 2.86. The van der Waals surface area contributed by atoms with Gasteiger partial charge < -0.3 is 15.3 Å². The van der Waals surface area contributed by atoms with E-state index in [9.17, 15) is 5.11 Å². The van der Waals surface area contributed by atoms with Gasteiger partial charge >= 0.3 is 0 Å². The molecule has 108 valence electrons. The van der Waals surface area contributed by atoms with Gasteiger partial charge in [0.2, 0.25) is 0 Å². The largest absolute Gasteiger partial charge is 0.395 e. The summed E-state index contributed by atoms with van der Waals surface area (Å²) >= 11 is 5.42. The second-order valence-corrected chi connectivity index (χ2v) is 5.21. The van der Waals surface area contributed by atoms with Crippen molar-refractivity contribution in [2.45, 2.75) is 12.1 Å². The minimum Gasteiger partial charge on any atom is -0.395 e. The van der Waals surface area contributed by atoms with Gasteiger partial charge in [0.1, 0.15) is 0 Å². The Morgan fingerprint density at radius 1 is 1.19 bits per heavy atom. The Hall–Kier alpha value is -2.05. The van der Waals surface area contributed by atoms with Crippen molar-refractivity contribution in [2.24, 2.45) is 0 Å². The summed E-state index contributed by atoms with van der Waals surface area (Å²) in [4.78, 5) is 10.5. The zero-order chi connectivity index (χ0) is 14.7. The van der Waals surface area contributed by atoms with Crippen LogP contribution in [-0.4, -0.2) is 38.2 Å². The third-order valence-electron chi connectivity index (χ3n) is 3.59. The van der Waals surface area contributed by atoms with E-state index in [0.29, 0.717) is 11.7 Å². The Morgan fingerprint density at radius 3 is 2.67 bits per heavy atom. The van der Waals surface area contributed by atoms with Crippen molar-refractivity contribution < 1.29 is 5.11 Å². The molecule has 3 heterocycles. The lowest BCUT2D eigenvalue weighted by molar-refractivity contribution is 0.223. The Morgan fingerprint density at radius 2 is 2.00 bits per heavy atom. The van der Waals surface area contributed by atoms with Crippen molar-refractivity contribution in [1.29, 1.82) is 0 Å². The molecule has 0 spiro atoms. The summed E-state index contributed by atoms with van der Waals surface area (Å²) in [6.07, 6.45) is 5.31. The maximum absolute atomic E-state index is 9.31. The monoisotopic (exact) mass is 300 g/mol. The van der Waals surface area contributed by atoms with Crippen molar-refractivity contribution in [3.63, 3.8) is 0 Å². The summed E-state index contributed by atoms with van der Waals surface area (Å²) in [5, 5.41) is 13.3. The van der Waals surface area contributed by atoms with E-state index in [0.717, 1.165) is 11.3 Å². The summed E-state index contributed by atoms with van der Waals surface area (Å²) < 4.78 is 0. The molecule has 0 radical (unpaired) electrons. The first-order valence-electron chi connectivity index (χ1n) is 6.80. The first-order chi connectivity index (χ1) is 10.3. The van der Waals surface area contributed by atoms with E-state index < -0.39 is 0 Å². The Balaban J connectivity index is 2.01. The number of β-amino-alcohol motifs (C(OH)–C–C–N with tert-alkyl or cyclic N) is 1. The van der Waals surface area contributed by atoms with Crippen LogP contribution in [0.25, 0.3) is 0 Å². The molecular weight excluding hydrogens is 284 g/mol. The molecule has 0 aliphatic carbocycles. The predicted molar refractivity (Wildman–Crippen MR) is 83.5 cm³/mol. The fourth-order valence-electron chi connectivity index (χ4n) is 2.68. The number of hydrogen-bond acceptors (Lipinski definition) is 4. The molecule has 21 heavy (non-hydrogen) atoms. The third-order valence-corrected chi connectivity index (χ3v) is 3.94. The van der Waals surface area contributed by atoms with Crippen LogP contribution < -0.4 is 5.32 Å². The van der Waals surface area contributed by atoms with E-state index in [1.54, 1.807) is 18.6 Å². The fraction of sp³-hybridized carbons (Fsp3) is 0.267. The minimum atomic E-state index is -0.0346. The summed E-state index contributed by atoms with van der Waals surface area (Å²) in [7, 11) is 0. The van der Waals surface area contributed by atoms with E-state index in [1.807, 2.05) is 35.2 Å². The first kappa shape index (κ1) is 13.9. The molecule has 1 fully saturated rings. The molecule has 2 atom stereocenters. The number of hydrogen-bond donors (Lipinski definition) is 2. The summed E-state index contributed by atoms with van der Waals surface area (Å²) in [5.74, 6) is 0. The van der Waals surface area contributed by atoms with Crippen LogP contribution in [0.15, 0.2) is 48.9 Å². The molecule has 0 bridgehead atoms. The van der Waals surface area contributed by atoms with Gasteiger partial charge in [-0.25, -0.2) is 0 Å². The maximum Gasteiger partial charge on any atom is 0.170 e. The highest BCUT2D eigenvalue weighted by atomic mass is 32.1. The molecule has 0 saturated carbocycles. The number of rotatable bonds is 4. The van der Waals surface area contributed by atoms with Crippen molar-refractivity contribution in [1.82, 2.24) is 20.2 Å². The van der Waals surface area contributed by atoms with Crippen molar-refractivity contribution in [3.05, 3.63) is 60.2 Å². The van der Waals surface area contributed by atoms with Gasteiger partial charge in [-0.15, -0.1) is 0 Å². The summed E-state index contributed by atoms with van der Waals surface area (Å²) in [6, 6.07) is 9.75. The first-order valence-corrected chi connectivity index (χ1v) is 7.21. The number of aliphatic hydroxyl groups excluding tert-OH is 1. The van der Waals surface area contributed by atoms with Gasteiger partial charge in [-0.3, -0.25) is 9.97 Å². The molecule has 1 saturated heterocycles. The van der Waals surface area contributed by atoms with Gasteiger partial charge in [0.25, 0.3) is 0 Å². The smallest absolute Gasteiger partial charge is 0.170 e. The SMILES string of the molecule is OCCN1C(=S)N[C@@H](c2ccccn2)[C@@H]1c1ccncc1. The predicted octanol–water partition coefficient (Wildman–Crippen LogP) is 1.44. The standard InChI is InChI=1S/C15H16N4OS/c20-10-9-19-14(11-4-7-16-8-5-11)13(18-15(19)21)12-3-1-2-6-17-12/h1-8,13-14,20H,9-10H2,(H,18,21)/t13-,14-/m0/s1. The van der Waals surface area contributed by atoms with Gasteiger partial charge in [0.05, 0.1) is 24.4 Å². The molecule has 0 amide bonds. The average molecular weight is 300 g/mol. The van der Waals surface area contributed by atoms with E-state index in [4.69, 9.17) is 12.2 Å². The second kappa shape index (κ2) is 6.15. The van der Waals surface area contributed by atoms with Crippen LogP contribution in [0.3, 0.4) is 0 Å². The molecule has 5 nitrogen and oxygen atoms in total. The number of aliphatic hydroxyl groups is 1. The zero-order valence-electron chi connectivity index (χ0n) is 11.4. The topological polar surface area (TPSA) is 61.3 Å². The van der Waals surface area contributed by atoms with E-state index in [1.165, 1.54) is 0 Å². The van der Waals surface area contributed by atoms with Crippen molar-refractivity contribution in [3.8, 4) is 0 Å². The minimum absolute atomic E-state index is 0.00236. The van der Waals surface area contributed by atoms with Gasteiger partial charge in [0, 0.05) is 25.1 Å². The normalized spacial score (nSPS) is 21.4. The molecule has 0 aromatic carbocycles. The van der Waals surface area contributed by atoms with Crippen LogP contribution in [0.5, 0.6) is 0 Å². The fourth-order valence-corrected chi connectivity index (χ4v) is 3.01. The number of nitrogens with one attached hydrogen (secondary N) is 1. The number of aromatic nitrogens is 2. The summed E-state index contributed by atoms with van der Waals surface area (Å²) in [5.41, 5.74) is 2.03. The number of thiocarbonyl (C=S) groups is 1.